The van der Waals surface area contributed by atoms with E-state index in [9.17, 15) is 13.2 Å². The zero-order valence-electron chi connectivity index (χ0n) is 10.9. The topological polar surface area (TPSA) is 41.6 Å². The van der Waals surface area contributed by atoms with E-state index in [-0.39, 0.29) is 11.7 Å². The molecule has 3 nitrogen and oxygen atoms in total. The largest absolute Gasteiger partial charge is 0.436 e. The fraction of sp³-hybridized carbons (Fsp3) is 0.286. The van der Waals surface area contributed by atoms with Crippen molar-refractivity contribution in [2.45, 2.75) is 25.6 Å². The fourth-order valence-corrected chi connectivity index (χ4v) is 2.22. The summed E-state index contributed by atoms with van der Waals surface area (Å²) in [5, 5.41) is 11.9. The normalized spacial score (nSPS) is 11.4. The number of halogens is 4. The van der Waals surface area contributed by atoms with E-state index in [1.54, 1.807) is 0 Å². The molecule has 1 aromatic heterocycles. The van der Waals surface area contributed by atoms with Crippen molar-refractivity contribution in [2.75, 3.05) is 0 Å². The molecule has 0 aliphatic carbocycles. The first kappa shape index (κ1) is 15.4. The van der Waals surface area contributed by atoms with Crippen LogP contribution in [0.2, 0.25) is 5.15 Å². The van der Waals surface area contributed by atoms with Crippen LogP contribution in [0.3, 0.4) is 0 Å². The van der Waals surface area contributed by atoms with Gasteiger partial charge in [0.25, 0.3) is 0 Å². The Labute approximate surface area is 124 Å². The SMILES string of the molecule is N#Cc1c(C(F)(F)F)nn(CCCc2ccccc2)c1Cl. The highest BCUT2D eigenvalue weighted by Gasteiger charge is 2.39. The van der Waals surface area contributed by atoms with E-state index in [4.69, 9.17) is 16.9 Å². The Kier molecular flexibility index (Phi) is 4.53. The quantitative estimate of drug-likeness (QED) is 0.854. The maximum Gasteiger partial charge on any atom is 0.436 e. The van der Waals surface area contributed by atoms with E-state index in [1.165, 1.54) is 6.07 Å². The second-order valence-electron chi connectivity index (χ2n) is 4.44. The van der Waals surface area contributed by atoms with Crippen LogP contribution in [0.25, 0.3) is 0 Å². The summed E-state index contributed by atoms with van der Waals surface area (Å²) in [6.07, 6.45) is -3.41. The van der Waals surface area contributed by atoms with Crippen LogP contribution >= 0.6 is 11.6 Å². The number of aryl methyl sites for hydroxylation is 2. The zero-order chi connectivity index (χ0) is 15.5. The molecule has 21 heavy (non-hydrogen) atoms. The number of hydrogen-bond donors (Lipinski definition) is 0. The van der Waals surface area contributed by atoms with Crippen LogP contribution in [0, 0.1) is 11.3 Å². The first-order valence-corrected chi connectivity index (χ1v) is 6.59. The number of rotatable bonds is 4. The van der Waals surface area contributed by atoms with Crippen LogP contribution in [0.4, 0.5) is 13.2 Å². The Morgan fingerprint density at radius 2 is 1.90 bits per heavy atom. The lowest BCUT2D eigenvalue weighted by molar-refractivity contribution is -0.141. The molecule has 0 saturated carbocycles. The van der Waals surface area contributed by atoms with Gasteiger partial charge in [-0.2, -0.15) is 23.5 Å². The number of alkyl halides is 3. The third-order valence-corrected chi connectivity index (χ3v) is 3.33. The number of nitrogens with zero attached hydrogens (tertiary/aromatic N) is 3. The van der Waals surface area contributed by atoms with E-state index in [1.807, 2.05) is 30.3 Å². The maximum atomic E-state index is 12.7. The van der Waals surface area contributed by atoms with Crippen molar-refractivity contribution in [2.24, 2.45) is 0 Å². The van der Waals surface area contributed by atoms with E-state index < -0.39 is 17.4 Å². The van der Waals surface area contributed by atoms with E-state index >= 15 is 0 Å². The van der Waals surface area contributed by atoms with Crippen molar-refractivity contribution in [1.29, 1.82) is 5.26 Å². The Hall–Kier alpha value is -2.00. The lowest BCUT2D eigenvalue weighted by Crippen LogP contribution is -2.09. The van der Waals surface area contributed by atoms with Crippen LogP contribution < -0.4 is 0 Å². The molecule has 2 rings (SSSR count). The minimum absolute atomic E-state index is 0.221. The first-order valence-electron chi connectivity index (χ1n) is 6.21. The molecule has 1 aromatic carbocycles. The summed E-state index contributed by atoms with van der Waals surface area (Å²) in [6.45, 7) is 0.221. The van der Waals surface area contributed by atoms with Gasteiger partial charge in [-0.05, 0) is 18.4 Å². The molecule has 0 N–H and O–H groups in total. The first-order chi connectivity index (χ1) is 9.93. The van der Waals surface area contributed by atoms with E-state index in [2.05, 4.69) is 5.10 Å². The van der Waals surface area contributed by atoms with Gasteiger partial charge in [0.2, 0.25) is 0 Å². The molecule has 7 heteroatoms. The summed E-state index contributed by atoms with van der Waals surface area (Å²) in [6, 6.07) is 11.0. The van der Waals surface area contributed by atoms with Gasteiger partial charge in [0.1, 0.15) is 16.8 Å². The third kappa shape index (κ3) is 3.56. The molecule has 2 aromatic rings. The Bertz CT molecular complexity index is 657. The van der Waals surface area contributed by atoms with Crippen LogP contribution in [-0.4, -0.2) is 9.78 Å². The van der Waals surface area contributed by atoms with Crippen LogP contribution in [0.15, 0.2) is 30.3 Å². The summed E-state index contributed by atoms with van der Waals surface area (Å²) < 4.78 is 39.2. The highest BCUT2D eigenvalue weighted by atomic mass is 35.5. The fourth-order valence-electron chi connectivity index (χ4n) is 1.96. The highest BCUT2D eigenvalue weighted by molar-refractivity contribution is 6.30. The molecule has 1 heterocycles. The summed E-state index contributed by atoms with van der Waals surface area (Å²) in [4.78, 5) is 0. The summed E-state index contributed by atoms with van der Waals surface area (Å²) in [5.41, 5.74) is -0.768. The van der Waals surface area contributed by atoms with Crippen LogP contribution in [-0.2, 0) is 19.1 Å². The molecule has 0 atom stereocenters. The molecule has 0 spiro atoms. The highest BCUT2D eigenvalue weighted by Crippen LogP contribution is 2.34. The van der Waals surface area contributed by atoms with Gasteiger partial charge in [-0.25, -0.2) is 0 Å². The van der Waals surface area contributed by atoms with Gasteiger partial charge in [-0.3, -0.25) is 4.68 Å². The van der Waals surface area contributed by atoms with Gasteiger partial charge >= 0.3 is 6.18 Å². The van der Waals surface area contributed by atoms with Crippen LogP contribution in [0.5, 0.6) is 0 Å². The predicted molar refractivity (Wildman–Crippen MR) is 71.7 cm³/mol. The van der Waals surface area contributed by atoms with Crippen LogP contribution in [0.1, 0.15) is 23.2 Å². The molecule has 0 fully saturated rings. The second kappa shape index (κ2) is 6.19. The van der Waals surface area contributed by atoms with Crippen molar-refractivity contribution in [1.82, 2.24) is 9.78 Å². The molecule has 0 unspecified atom stereocenters. The molecule has 110 valence electrons. The average molecular weight is 314 g/mol. The maximum absolute atomic E-state index is 12.7. The van der Waals surface area contributed by atoms with E-state index in [0.29, 0.717) is 12.8 Å². The summed E-state index contributed by atoms with van der Waals surface area (Å²) in [7, 11) is 0. The molecule has 0 aliphatic rings. The minimum Gasteiger partial charge on any atom is -0.252 e. The molecule has 0 bridgehead atoms. The summed E-state index contributed by atoms with van der Waals surface area (Å²) >= 11 is 5.80. The lowest BCUT2D eigenvalue weighted by Gasteiger charge is -2.04. The molecular formula is C14H11ClF3N3. The van der Waals surface area contributed by atoms with Gasteiger partial charge < -0.3 is 0 Å². The molecular weight excluding hydrogens is 303 g/mol. The van der Waals surface area contributed by atoms with Crippen molar-refractivity contribution in [3.8, 4) is 6.07 Å². The van der Waals surface area contributed by atoms with Gasteiger partial charge in [0.05, 0.1) is 0 Å². The summed E-state index contributed by atoms with van der Waals surface area (Å²) in [5.74, 6) is 0. The van der Waals surface area contributed by atoms with Gasteiger partial charge in [-0.1, -0.05) is 41.9 Å². The number of nitriles is 1. The van der Waals surface area contributed by atoms with Gasteiger partial charge in [0.15, 0.2) is 5.69 Å². The number of hydrogen-bond acceptors (Lipinski definition) is 2. The third-order valence-electron chi connectivity index (χ3n) is 2.95. The smallest absolute Gasteiger partial charge is 0.252 e. The monoisotopic (exact) mass is 313 g/mol. The van der Waals surface area contributed by atoms with Gasteiger partial charge in [-0.15, -0.1) is 0 Å². The van der Waals surface area contributed by atoms with E-state index in [0.717, 1.165) is 10.2 Å². The number of benzene rings is 1. The zero-order valence-corrected chi connectivity index (χ0v) is 11.6. The second-order valence-corrected chi connectivity index (χ2v) is 4.79. The van der Waals surface area contributed by atoms with Crippen molar-refractivity contribution in [3.05, 3.63) is 52.3 Å². The average Bonchev–Trinajstić information content (AvgIpc) is 2.77. The Balaban J connectivity index is 2.11. The molecule has 0 radical (unpaired) electrons. The molecule has 0 aliphatic heterocycles. The Morgan fingerprint density at radius 3 is 2.43 bits per heavy atom. The molecule has 0 saturated heterocycles. The number of aromatic nitrogens is 2. The van der Waals surface area contributed by atoms with Crippen molar-refractivity contribution in [3.63, 3.8) is 0 Å². The van der Waals surface area contributed by atoms with Crippen molar-refractivity contribution < 1.29 is 13.2 Å². The molecule has 0 amide bonds. The Morgan fingerprint density at radius 1 is 1.24 bits per heavy atom. The minimum atomic E-state index is -4.68. The lowest BCUT2D eigenvalue weighted by atomic mass is 10.1. The standard InChI is InChI=1S/C14H11ClF3N3/c15-13-11(9-19)12(14(16,17)18)20-21(13)8-4-7-10-5-2-1-3-6-10/h1-3,5-6H,4,7-8H2. The van der Waals surface area contributed by atoms with Crippen molar-refractivity contribution >= 4 is 11.6 Å². The van der Waals surface area contributed by atoms with Gasteiger partial charge in [0, 0.05) is 6.54 Å². The predicted octanol–water partition coefficient (Wildman–Crippen LogP) is 4.06.